The highest BCUT2D eigenvalue weighted by molar-refractivity contribution is 9.10. The van der Waals surface area contributed by atoms with Crippen molar-refractivity contribution in [2.45, 2.75) is 25.3 Å². The smallest absolute Gasteiger partial charge is 0.241 e. The standard InChI is InChI=1S/C14H12BrN3O/c1-13(8-16,10-2-4-11(15)5-3-10)18-12(19)14(9-17)6-7-14/h2-5H,6-7H2,1H3,(H,18,19). The molecule has 4 nitrogen and oxygen atoms in total. The molecular formula is C14H12BrN3O. The molecular weight excluding hydrogens is 306 g/mol. The van der Waals surface area contributed by atoms with E-state index in [9.17, 15) is 10.1 Å². The molecule has 2 rings (SSSR count). The second kappa shape index (κ2) is 4.68. The average Bonchev–Trinajstić information content (AvgIpc) is 3.20. The summed E-state index contributed by atoms with van der Waals surface area (Å²) in [5.74, 6) is -0.359. The summed E-state index contributed by atoms with van der Waals surface area (Å²) in [6.07, 6.45) is 1.13. The van der Waals surface area contributed by atoms with E-state index in [-0.39, 0.29) is 5.91 Å². The number of hydrogen-bond acceptors (Lipinski definition) is 3. The van der Waals surface area contributed by atoms with Gasteiger partial charge >= 0.3 is 0 Å². The lowest BCUT2D eigenvalue weighted by molar-refractivity contribution is -0.125. The number of carbonyl (C=O) groups is 1. The average molecular weight is 318 g/mol. The third kappa shape index (κ3) is 2.47. The lowest BCUT2D eigenvalue weighted by Gasteiger charge is -2.25. The van der Waals surface area contributed by atoms with Crippen LogP contribution in [0.3, 0.4) is 0 Å². The Morgan fingerprint density at radius 1 is 1.37 bits per heavy atom. The van der Waals surface area contributed by atoms with E-state index in [2.05, 4.69) is 27.3 Å². The highest BCUT2D eigenvalue weighted by Gasteiger charge is 2.52. The quantitative estimate of drug-likeness (QED) is 0.930. The fourth-order valence-corrected chi connectivity index (χ4v) is 2.07. The summed E-state index contributed by atoms with van der Waals surface area (Å²) < 4.78 is 0.901. The van der Waals surface area contributed by atoms with Crippen molar-refractivity contribution < 1.29 is 4.79 Å². The Labute approximate surface area is 120 Å². The number of benzene rings is 1. The second-order valence-corrected chi connectivity index (χ2v) is 5.81. The maximum Gasteiger partial charge on any atom is 0.241 e. The number of carbonyl (C=O) groups excluding carboxylic acids is 1. The van der Waals surface area contributed by atoms with E-state index in [1.807, 2.05) is 18.2 Å². The normalized spacial score (nSPS) is 18.5. The highest BCUT2D eigenvalue weighted by atomic mass is 79.9. The molecule has 1 unspecified atom stereocenters. The van der Waals surface area contributed by atoms with Crippen molar-refractivity contribution in [2.75, 3.05) is 0 Å². The lowest BCUT2D eigenvalue weighted by Crippen LogP contribution is -2.45. The number of amides is 1. The summed E-state index contributed by atoms with van der Waals surface area (Å²) in [7, 11) is 0. The van der Waals surface area contributed by atoms with Crippen LogP contribution in [0.15, 0.2) is 28.7 Å². The van der Waals surface area contributed by atoms with Crippen LogP contribution in [0.1, 0.15) is 25.3 Å². The Morgan fingerprint density at radius 3 is 2.37 bits per heavy atom. The number of hydrogen-bond donors (Lipinski definition) is 1. The molecule has 19 heavy (non-hydrogen) atoms. The number of nitriles is 2. The first-order valence-corrected chi connectivity index (χ1v) is 6.66. The zero-order valence-electron chi connectivity index (χ0n) is 10.4. The molecule has 0 spiro atoms. The van der Waals surface area contributed by atoms with E-state index in [0.717, 1.165) is 4.47 Å². The summed E-state index contributed by atoms with van der Waals surface area (Å²) in [5.41, 5.74) is -1.35. The number of rotatable bonds is 3. The van der Waals surface area contributed by atoms with Gasteiger partial charge in [-0.2, -0.15) is 10.5 Å². The molecule has 1 fully saturated rings. The maximum absolute atomic E-state index is 12.1. The van der Waals surface area contributed by atoms with Crippen LogP contribution in [0.2, 0.25) is 0 Å². The first kappa shape index (κ1) is 13.6. The van der Waals surface area contributed by atoms with Crippen molar-refractivity contribution in [3.63, 3.8) is 0 Å². The van der Waals surface area contributed by atoms with Crippen LogP contribution in [-0.4, -0.2) is 5.91 Å². The maximum atomic E-state index is 12.1. The van der Waals surface area contributed by atoms with Crippen LogP contribution in [-0.2, 0) is 10.3 Å². The summed E-state index contributed by atoms with van der Waals surface area (Å²) in [6.45, 7) is 1.64. The van der Waals surface area contributed by atoms with Crippen molar-refractivity contribution in [3.05, 3.63) is 34.3 Å². The zero-order chi connectivity index (χ0) is 14.1. The molecule has 96 valence electrons. The largest absolute Gasteiger partial charge is 0.333 e. The van der Waals surface area contributed by atoms with E-state index >= 15 is 0 Å². The van der Waals surface area contributed by atoms with Crippen LogP contribution in [0.25, 0.3) is 0 Å². The highest BCUT2D eigenvalue weighted by Crippen LogP contribution is 2.45. The van der Waals surface area contributed by atoms with Gasteiger partial charge in [-0.1, -0.05) is 28.1 Å². The van der Waals surface area contributed by atoms with E-state index in [0.29, 0.717) is 18.4 Å². The summed E-state index contributed by atoms with van der Waals surface area (Å²) in [4.78, 5) is 12.1. The molecule has 0 aromatic heterocycles. The van der Waals surface area contributed by atoms with E-state index in [1.54, 1.807) is 19.1 Å². The minimum Gasteiger partial charge on any atom is -0.333 e. The van der Waals surface area contributed by atoms with Crippen LogP contribution in [0.4, 0.5) is 0 Å². The fraction of sp³-hybridized carbons (Fsp3) is 0.357. The molecule has 1 aromatic rings. The van der Waals surface area contributed by atoms with E-state index < -0.39 is 11.0 Å². The Morgan fingerprint density at radius 2 is 1.95 bits per heavy atom. The molecule has 0 radical (unpaired) electrons. The van der Waals surface area contributed by atoms with Crippen molar-refractivity contribution in [2.24, 2.45) is 5.41 Å². The molecule has 0 aliphatic heterocycles. The summed E-state index contributed by atoms with van der Waals surface area (Å²) in [5, 5.41) is 21.1. The van der Waals surface area contributed by atoms with Crippen molar-refractivity contribution in [1.29, 1.82) is 10.5 Å². The zero-order valence-corrected chi connectivity index (χ0v) is 12.0. The van der Waals surface area contributed by atoms with Gasteiger partial charge in [-0.05, 0) is 37.5 Å². The van der Waals surface area contributed by atoms with Gasteiger partial charge in [0.25, 0.3) is 0 Å². The van der Waals surface area contributed by atoms with Crippen molar-refractivity contribution >= 4 is 21.8 Å². The van der Waals surface area contributed by atoms with E-state index in [1.165, 1.54) is 0 Å². The van der Waals surface area contributed by atoms with Crippen molar-refractivity contribution in [1.82, 2.24) is 5.32 Å². The van der Waals surface area contributed by atoms with Gasteiger partial charge in [0.05, 0.1) is 12.1 Å². The molecule has 0 bridgehead atoms. The van der Waals surface area contributed by atoms with Crippen LogP contribution >= 0.6 is 15.9 Å². The molecule has 1 aromatic carbocycles. The molecule has 0 heterocycles. The first-order chi connectivity index (χ1) is 8.96. The van der Waals surface area contributed by atoms with E-state index in [4.69, 9.17) is 5.26 Å². The molecule has 1 atom stereocenters. The Hall–Kier alpha value is -1.85. The number of nitrogens with one attached hydrogen (secondary N) is 1. The Bertz CT molecular complexity index is 593. The first-order valence-electron chi connectivity index (χ1n) is 5.87. The monoisotopic (exact) mass is 317 g/mol. The van der Waals surface area contributed by atoms with Crippen LogP contribution < -0.4 is 5.32 Å². The number of halogens is 1. The van der Waals surface area contributed by atoms with Gasteiger partial charge in [-0.25, -0.2) is 0 Å². The lowest BCUT2D eigenvalue weighted by atomic mass is 9.92. The van der Waals surface area contributed by atoms with Gasteiger partial charge < -0.3 is 5.32 Å². The minimum atomic E-state index is -1.12. The van der Waals surface area contributed by atoms with Gasteiger partial charge in [0, 0.05) is 4.47 Å². The fourth-order valence-electron chi connectivity index (χ4n) is 1.81. The third-order valence-electron chi connectivity index (χ3n) is 3.41. The van der Waals surface area contributed by atoms with Crippen LogP contribution in [0.5, 0.6) is 0 Å². The minimum absolute atomic E-state index is 0.359. The second-order valence-electron chi connectivity index (χ2n) is 4.89. The van der Waals surface area contributed by atoms with Gasteiger partial charge in [0.15, 0.2) is 0 Å². The van der Waals surface area contributed by atoms with Gasteiger partial charge in [0.2, 0.25) is 5.91 Å². The molecule has 1 aliphatic carbocycles. The SMILES string of the molecule is CC(C#N)(NC(=O)C1(C#N)CC1)c1ccc(Br)cc1. The molecule has 5 heteroatoms. The molecule has 1 aliphatic rings. The molecule has 1 amide bonds. The Kier molecular flexibility index (Phi) is 3.34. The van der Waals surface area contributed by atoms with Gasteiger partial charge in [-0.15, -0.1) is 0 Å². The summed E-state index contributed by atoms with van der Waals surface area (Å²) in [6, 6.07) is 11.3. The Balaban J connectivity index is 2.25. The predicted octanol–water partition coefficient (Wildman–Crippen LogP) is 2.61. The van der Waals surface area contributed by atoms with Crippen LogP contribution in [0, 0.1) is 28.1 Å². The molecule has 1 saturated carbocycles. The van der Waals surface area contributed by atoms with Crippen molar-refractivity contribution in [3.8, 4) is 12.1 Å². The third-order valence-corrected chi connectivity index (χ3v) is 3.94. The predicted molar refractivity (Wildman–Crippen MR) is 72.5 cm³/mol. The molecule has 0 saturated heterocycles. The molecule has 1 N–H and O–H groups in total. The van der Waals surface area contributed by atoms with Gasteiger partial charge in [0.1, 0.15) is 11.0 Å². The van der Waals surface area contributed by atoms with Gasteiger partial charge in [-0.3, -0.25) is 4.79 Å². The topological polar surface area (TPSA) is 76.7 Å². The number of nitrogens with zero attached hydrogens (tertiary/aromatic N) is 2. The summed E-state index contributed by atoms with van der Waals surface area (Å²) >= 11 is 3.32.